The maximum atomic E-state index is 12.7. The van der Waals surface area contributed by atoms with Gasteiger partial charge in [0.2, 0.25) is 5.91 Å². The van der Waals surface area contributed by atoms with Crippen LogP contribution in [-0.4, -0.2) is 38.3 Å². The van der Waals surface area contributed by atoms with Crippen LogP contribution in [0.5, 0.6) is 0 Å². The molecule has 2 fully saturated rings. The monoisotopic (exact) mass is 268 g/mol. The molecule has 4 heteroatoms. The van der Waals surface area contributed by atoms with Crippen LogP contribution < -0.4 is 10.6 Å². The first-order valence-electron chi connectivity index (χ1n) is 7.74. The van der Waals surface area contributed by atoms with Crippen molar-refractivity contribution in [2.45, 2.75) is 64.0 Å². The maximum Gasteiger partial charge on any atom is 0.226 e. The van der Waals surface area contributed by atoms with E-state index in [4.69, 9.17) is 4.74 Å². The zero-order chi connectivity index (χ0) is 13.7. The lowest BCUT2D eigenvalue weighted by atomic mass is 9.74. The molecule has 1 amide bonds. The molecule has 0 bridgehead atoms. The minimum absolute atomic E-state index is 0.120. The minimum atomic E-state index is -0.120. The highest BCUT2D eigenvalue weighted by Crippen LogP contribution is 2.35. The van der Waals surface area contributed by atoms with Crippen LogP contribution in [0.3, 0.4) is 0 Å². The zero-order valence-corrected chi connectivity index (χ0v) is 12.3. The molecule has 2 atom stereocenters. The maximum absolute atomic E-state index is 12.7. The molecule has 2 N–H and O–H groups in total. The number of nitrogens with one attached hydrogen (secondary N) is 2. The molecule has 4 nitrogen and oxygen atoms in total. The highest BCUT2D eigenvalue weighted by Gasteiger charge is 2.40. The smallest absolute Gasteiger partial charge is 0.226 e. The van der Waals surface area contributed by atoms with Gasteiger partial charge in [0.05, 0.1) is 11.5 Å². The number of piperidine rings is 1. The van der Waals surface area contributed by atoms with E-state index in [0.717, 1.165) is 58.0 Å². The third kappa shape index (κ3) is 3.48. The normalized spacial score (nSPS) is 30.2. The molecule has 2 unspecified atom stereocenters. The number of carbonyl (C=O) groups excluding carboxylic acids is 1. The fraction of sp³-hybridized carbons (Fsp3) is 0.933. The Balaban J connectivity index is 1.92. The Morgan fingerprint density at radius 2 is 2.11 bits per heavy atom. The van der Waals surface area contributed by atoms with E-state index in [0.29, 0.717) is 12.1 Å². The number of hydrogen-bond acceptors (Lipinski definition) is 3. The number of hydrogen-bond donors (Lipinski definition) is 2. The summed E-state index contributed by atoms with van der Waals surface area (Å²) < 4.78 is 5.38. The molecule has 0 spiro atoms. The van der Waals surface area contributed by atoms with Crippen molar-refractivity contribution in [3.63, 3.8) is 0 Å². The van der Waals surface area contributed by atoms with Crippen LogP contribution >= 0.6 is 0 Å². The number of ether oxygens (including phenoxy) is 1. The summed E-state index contributed by atoms with van der Waals surface area (Å²) in [5, 5.41) is 6.65. The second kappa shape index (κ2) is 6.71. The van der Waals surface area contributed by atoms with E-state index in [1.165, 1.54) is 0 Å². The Morgan fingerprint density at radius 1 is 1.37 bits per heavy atom. The zero-order valence-electron chi connectivity index (χ0n) is 12.3. The summed E-state index contributed by atoms with van der Waals surface area (Å²) in [6.45, 7) is 4.12. The largest absolute Gasteiger partial charge is 0.381 e. The molecule has 1 saturated carbocycles. The number of methoxy groups -OCH3 is 1. The lowest BCUT2D eigenvalue weighted by Gasteiger charge is -2.37. The molecule has 2 rings (SSSR count). The van der Waals surface area contributed by atoms with Gasteiger partial charge in [0.15, 0.2) is 0 Å². The SMILES string of the molecule is CCCC1(C(=O)NC2CCC(OC)C2)CCNCC1. The number of carbonyl (C=O) groups is 1. The van der Waals surface area contributed by atoms with Gasteiger partial charge in [0, 0.05) is 13.2 Å². The van der Waals surface area contributed by atoms with Crippen molar-refractivity contribution in [1.29, 1.82) is 0 Å². The van der Waals surface area contributed by atoms with Crippen LogP contribution in [0.15, 0.2) is 0 Å². The van der Waals surface area contributed by atoms with Gasteiger partial charge >= 0.3 is 0 Å². The van der Waals surface area contributed by atoms with E-state index < -0.39 is 0 Å². The third-order valence-corrected chi connectivity index (χ3v) is 4.82. The molecule has 2 aliphatic rings. The van der Waals surface area contributed by atoms with E-state index in [1.54, 1.807) is 7.11 Å². The molecule has 0 aromatic heterocycles. The highest BCUT2D eigenvalue weighted by atomic mass is 16.5. The lowest BCUT2D eigenvalue weighted by Crippen LogP contribution is -2.50. The first-order chi connectivity index (χ1) is 9.20. The van der Waals surface area contributed by atoms with Gasteiger partial charge in [-0.2, -0.15) is 0 Å². The van der Waals surface area contributed by atoms with E-state index in [-0.39, 0.29) is 11.3 Å². The van der Waals surface area contributed by atoms with Gasteiger partial charge in [0.1, 0.15) is 0 Å². The molecule has 110 valence electrons. The van der Waals surface area contributed by atoms with Crippen molar-refractivity contribution < 1.29 is 9.53 Å². The summed E-state index contributed by atoms with van der Waals surface area (Å²) in [5.41, 5.74) is -0.120. The fourth-order valence-corrected chi connectivity index (χ4v) is 3.60. The van der Waals surface area contributed by atoms with E-state index in [9.17, 15) is 4.79 Å². The molecule has 0 radical (unpaired) electrons. The van der Waals surface area contributed by atoms with Crippen molar-refractivity contribution in [2.24, 2.45) is 5.41 Å². The van der Waals surface area contributed by atoms with Gasteiger partial charge in [-0.15, -0.1) is 0 Å². The Labute approximate surface area is 116 Å². The van der Waals surface area contributed by atoms with Crippen LogP contribution in [0, 0.1) is 5.41 Å². The first kappa shape index (κ1) is 14.8. The third-order valence-electron chi connectivity index (χ3n) is 4.82. The predicted octanol–water partition coefficient (Wildman–Crippen LogP) is 1.84. The van der Waals surface area contributed by atoms with Crippen molar-refractivity contribution in [3.8, 4) is 0 Å². The van der Waals surface area contributed by atoms with E-state index >= 15 is 0 Å². The van der Waals surface area contributed by atoms with Crippen LogP contribution in [0.2, 0.25) is 0 Å². The summed E-state index contributed by atoms with van der Waals surface area (Å²) >= 11 is 0. The summed E-state index contributed by atoms with van der Waals surface area (Å²) in [4.78, 5) is 12.7. The average molecular weight is 268 g/mol. The van der Waals surface area contributed by atoms with Gasteiger partial charge in [-0.3, -0.25) is 4.79 Å². The van der Waals surface area contributed by atoms with Crippen LogP contribution in [-0.2, 0) is 9.53 Å². The number of amides is 1. The Bertz CT molecular complexity index is 295. The summed E-state index contributed by atoms with van der Waals surface area (Å²) in [7, 11) is 1.76. The van der Waals surface area contributed by atoms with Gasteiger partial charge in [-0.05, 0) is 51.6 Å². The van der Waals surface area contributed by atoms with Crippen molar-refractivity contribution >= 4 is 5.91 Å². The van der Waals surface area contributed by atoms with Crippen LogP contribution in [0.1, 0.15) is 51.9 Å². The average Bonchev–Trinajstić information content (AvgIpc) is 2.88. The molecule has 1 saturated heterocycles. The van der Waals surface area contributed by atoms with Gasteiger partial charge in [-0.25, -0.2) is 0 Å². The van der Waals surface area contributed by atoms with Crippen LogP contribution in [0.25, 0.3) is 0 Å². The van der Waals surface area contributed by atoms with Crippen molar-refractivity contribution in [2.75, 3.05) is 20.2 Å². The van der Waals surface area contributed by atoms with Gasteiger partial charge in [-0.1, -0.05) is 13.3 Å². The lowest BCUT2D eigenvalue weighted by molar-refractivity contribution is -0.134. The Kier molecular flexibility index (Phi) is 5.22. The highest BCUT2D eigenvalue weighted by molar-refractivity contribution is 5.83. The van der Waals surface area contributed by atoms with Gasteiger partial charge in [0.25, 0.3) is 0 Å². The van der Waals surface area contributed by atoms with Crippen LogP contribution in [0.4, 0.5) is 0 Å². The predicted molar refractivity (Wildman–Crippen MR) is 76.0 cm³/mol. The Hall–Kier alpha value is -0.610. The van der Waals surface area contributed by atoms with Crippen molar-refractivity contribution in [1.82, 2.24) is 10.6 Å². The first-order valence-corrected chi connectivity index (χ1v) is 7.74. The van der Waals surface area contributed by atoms with Gasteiger partial charge < -0.3 is 15.4 Å². The van der Waals surface area contributed by atoms with E-state index in [2.05, 4.69) is 17.6 Å². The quantitative estimate of drug-likeness (QED) is 0.800. The minimum Gasteiger partial charge on any atom is -0.381 e. The molecule has 1 aliphatic heterocycles. The summed E-state index contributed by atoms with van der Waals surface area (Å²) in [5.74, 6) is 0.289. The summed E-state index contributed by atoms with van der Waals surface area (Å²) in [6, 6.07) is 0.320. The standard InChI is InChI=1S/C15H28N2O2/c1-3-6-15(7-9-16-10-8-15)14(18)17-12-4-5-13(11-12)19-2/h12-13,16H,3-11H2,1-2H3,(H,17,18). The fourth-order valence-electron chi connectivity index (χ4n) is 3.60. The Morgan fingerprint density at radius 3 is 2.68 bits per heavy atom. The second-order valence-corrected chi connectivity index (χ2v) is 6.12. The molecular weight excluding hydrogens is 240 g/mol. The van der Waals surface area contributed by atoms with Crippen molar-refractivity contribution in [3.05, 3.63) is 0 Å². The molecule has 19 heavy (non-hydrogen) atoms. The number of rotatable bonds is 5. The second-order valence-electron chi connectivity index (χ2n) is 6.12. The molecule has 0 aromatic rings. The topological polar surface area (TPSA) is 50.4 Å². The molecule has 1 heterocycles. The molecule has 0 aromatic carbocycles. The molecular formula is C15H28N2O2. The summed E-state index contributed by atoms with van der Waals surface area (Å²) in [6.07, 6.45) is 7.50. The molecule has 1 aliphatic carbocycles. The van der Waals surface area contributed by atoms with E-state index in [1.807, 2.05) is 0 Å².